The maximum atomic E-state index is 13.6. The number of pyridine rings is 1. The molecule has 4 saturated carbocycles. The second-order valence-electron chi connectivity index (χ2n) is 9.62. The largest absolute Gasteiger partial charge is 0.345 e. The molecular formula is C24H28FN3O. The van der Waals surface area contributed by atoms with E-state index in [4.69, 9.17) is 0 Å². The van der Waals surface area contributed by atoms with Crippen LogP contribution in [0.5, 0.6) is 0 Å². The summed E-state index contributed by atoms with van der Waals surface area (Å²) in [5.74, 6) is 1.03. The molecular weight excluding hydrogens is 365 g/mol. The summed E-state index contributed by atoms with van der Waals surface area (Å²) in [5, 5.41) is 7.18. The fraction of sp³-hybridized carbons (Fsp3) is 0.500. The molecule has 0 saturated heterocycles. The van der Waals surface area contributed by atoms with Gasteiger partial charge in [0, 0.05) is 23.3 Å². The Labute approximate surface area is 171 Å². The Morgan fingerprint density at radius 1 is 1.10 bits per heavy atom. The van der Waals surface area contributed by atoms with E-state index < -0.39 is 0 Å². The molecule has 2 atom stereocenters. The maximum absolute atomic E-state index is 13.6. The normalized spacial score (nSPS) is 32.3. The molecule has 0 radical (unpaired) electrons. The highest BCUT2D eigenvalue weighted by atomic mass is 19.1. The predicted octanol–water partition coefficient (Wildman–Crippen LogP) is 4.14. The summed E-state index contributed by atoms with van der Waals surface area (Å²) >= 11 is 0. The average Bonchev–Trinajstić information content (AvgIpc) is 2.65. The molecule has 4 aliphatic carbocycles. The van der Waals surface area contributed by atoms with E-state index in [1.54, 1.807) is 18.2 Å². The maximum Gasteiger partial charge on any atom is 0.270 e. The van der Waals surface area contributed by atoms with E-state index in [1.165, 1.54) is 12.5 Å². The van der Waals surface area contributed by atoms with Crippen LogP contribution in [-0.2, 0) is 6.54 Å². The minimum Gasteiger partial charge on any atom is -0.345 e. The van der Waals surface area contributed by atoms with Crippen molar-refractivity contribution in [3.63, 3.8) is 0 Å². The zero-order valence-corrected chi connectivity index (χ0v) is 16.9. The van der Waals surface area contributed by atoms with E-state index in [9.17, 15) is 9.18 Å². The number of nitrogens with zero attached hydrogens (tertiary/aromatic N) is 1. The molecule has 4 bridgehead atoms. The fourth-order valence-electron chi connectivity index (χ4n) is 6.53. The number of benzene rings is 1. The van der Waals surface area contributed by atoms with E-state index in [0.29, 0.717) is 24.1 Å². The summed E-state index contributed by atoms with van der Waals surface area (Å²) in [6.45, 7) is 2.58. The third-order valence-electron chi connectivity index (χ3n) is 7.12. The van der Waals surface area contributed by atoms with Gasteiger partial charge in [-0.3, -0.25) is 4.79 Å². The van der Waals surface area contributed by atoms with Crippen molar-refractivity contribution in [2.75, 3.05) is 0 Å². The van der Waals surface area contributed by atoms with Crippen molar-refractivity contribution >= 4 is 5.91 Å². The van der Waals surface area contributed by atoms with Gasteiger partial charge in [0.15, 0.2) is 0 Å². The Morgan fingerprint density at radius 3 is 2.55 bits per heavy atom. The number of aryl methyl sites for hydroxylation is 1. The lowest BCUT2D eigenvalue weighted by atomic mass is 9.50. The number of aromatic nitrogens is 1. The SMILES string of the molecule is Cc1cccc(C(=O)NC23CC4CC(CC(NCc5cccc(F)c5)(C4)C2)C3)n1. The minimum absolute atomic E-state index is 0.0315. The van der Waals surface area contributed by atoms with Crippen molar-refractivity contribution in [2.45, 2.75) is 63.1 Å². The molecule has 4 aliphatic rings. The number of carbonyl (C=O) groups excluding carboxylic acids is 1. The average molecular weight is 394 g/mol. The Balaban J connectivity index is 1.34. The molecule has 1 heterocycles. The summed E-state index contributed by atoms with van der Waals surface area (Å²) in [4.78, 5) is 17.4. The van der Waals surface area contributed by atoms with E-state index >= 15 is 0 Å². The van der Waals surface area contributed by atoms with Gasteiger partial charge in [-0.25, -0.2) is 9.37 Å². The van der Waals surface area contributed by atoms with Crippen molar-refractivity contribution in [3.8, 4) is 0 Å². The van der Waals surface area contributed by atoms with E-state index in [0.717, 1.165) is 43.4 Å². The summed E-state index contributed by atoms with van der Waals surface area (Å²) in [6, 6.07) is 12.4. The molecule has 0 aliphatic heterocycles. The summed E-state index contributed by atoms with van der Waals surface area (Å²) in [6.07, 6.45) is 6.64. The zero-order chi connectivity index (χ0) is 20.1. The lowest BCUT2D eigenvalue weighted by Gasteiger charge is -2.62. The van der Waals surface area contributed by atoms with Gasteiger partial charge in [-0.1, -0.05) is 18.2 Å². The van der Waals surface area contributed by atoms with Gasteiger partial charge in [0.2, 0.25) is 0 Å². The van der Waals surface area contributed by atoms with Crippen molar-refractivity contribution in [1.29, 1.82) is 0 Å². The monoisotopic (exact) mass is 393 g/mol. The van der Waals surface area contributed by atoms with Gasteiger partial charge in [-0.15, -0.1) is 0 Å². The van der Waals surface area contributed by atoms with E-state index in [-0.39, 0.29) is 22.8 Å². The quantitative estimate of drug-likeness (QED) is 0.803. The topological polar surface area (TPSA) is 54.0 Å². The molecule has 1 aromatic heterocycles. The van der Waals surface area contributed by atoms with Gasteiger partial charge in [0.25, 0.3) is 5.91 Å². The summed E-state index contributed by atoms with van der Waals surface area (Å²) in [7, 11) is 0. The van der Waals surface area contributed by atoms with Gasteiger partial charge in [-0.05, 0) is 87.1 Å². The molecule has 2 N–H and O–H groups in total. The molecule has 1 amide bonds. The highest BCUT2D eigenvalue weighted by molar-refractivity contribution is 5.92. The third-order valence-corrected chi connectivity index (χ3v) is 7.12. The third kappa shape index (κ3) is 3.68. The zero-order valence-electron chi connectivity index (χ0n) is 16.9. The molecule has 2 unspecified atom stereocenters. The first-order valence-corrected chi connectivity index (χ1v) is 10.7. The van der Waals surface area contributed by atoms with Crippen LogP contribution in [0.4, 0.5) is 4.39 Å². The van der Waals surface area contributed by atoms with Crippen LogP contribution in [0.1, 0.15) is 60.3 Å². The van der Waals surface area contributed by atoms with Crippen LogP contribution in [0.2, 0.25) is 0 Å². The van der Waals surface area contributed by atoms with Crippen molar-refractivity contribution < 1.29 is 9.18 Å². The standard InChI is InChI=1S/C24H28FN3O/c1-16-4-2-7-21(27-16)22(29)28-24-12-18-8-19(13-24)11-23(10-18,15-24)26-14-17-5-3-6-20(25)9-17/h2-7,9,18-19,26H,8,10-15H2,1H3,(H,28,29). The van der Waals surface area contributed by atoms with Crippen LogP contribution >= 0.6 is 0 Å². The molecule has 4 nitrogen and oxygen atoms in total. The van der Waals surface area contributed by atoms with Crippen molar-refractivity contribution in [2.24, 2.45) is 11.8 Å². The van der Waals surface area contributed by atoms with Crippen molar-refractivity contribution in [1.82, 2.24) is 15.6 Å². The lowest BCUT2D eigenvalue weighted by molar-refractivity contribution is -0.0492. The smallest absolute Gasteiger partial charge is 0.270 e. The molecule has 0 spiro atoms. The summed E-state index contributed by atoms with van der Waals surface area (Å²) in [5.41, 5.74) is 2.22. The minimum atomic E-state index is -0.191. The molecule has 6 rings (SSSR count). The first kappa shape index (κ1) is 18.7. The lowest BCUT2D eigenvalue weighted by Crippen LogP contribution is -2.69. The molecule has 1 aromatic carbocycles. The Bertz CT molecular complexity index is 929. The first-order valence-electron chi connectivity index (χ1n) is 10.7. The van der Waals surface area contributed by atoms with Crippen LogP contribution < -0.4 is 10.6 Å². The fourth-order valence-corrected chi connectivity index (χ4v) is 6.53. The van der Waals surface area contributed by atoms with Crippen LogP contribution in [0.15, 0.2) is 42.5 Å². The second kappa shape index (κ2) is 6.91. The predicted molar refractivity (Wildman–Crippen MR) is 110 cm³/mol. The van der Waals surface area contributed by atoms with Gasteiger partial charge in [0.1, 0.15) is 11.5 Å². The van der Waals surface area contributed by atoms with Gasteiger partial charge < -0.3 is 10.6 Å². The van der Waals surface area contributed by atoms with Crippen LogP contribution in [0, 0.1) is 24.6 Å². The number of hydrogen-bond acceptors (Lipinski definition) is 3. The van der Waals surface area contributed by atoms with Gasteiger partial charge in [-0.2, -0.15) is 0 Å². The number of hydrogen-bond donors (Lipinski definition) is 2. The Kier molecular flexibility index (Phi) is 4.46. The molecule has 2 aromatic rings. The van der Waals surface area contributed by atoms with Gasteiger partial charge in [0.05, 0.1) is 0 Å². The second-order valence-corrected chi connectivity index (χ2v) is 9.62. The highest BCUT2D eigenvalue weighted by Gasteiger charge is 2.58. The Morgan fingerprint density at radius 2 is 1.83 bits per heavy atom. The molecule has 152 valence electrons. The number of nitrogens with one attached hydrogen (secondary N) is 2. The Hall–Kier alpha value is -2.27. The molecule has 29 heavy (non-hydrogen) atoms. The van der Waals surface area contributed by atoms with Gasteiger partial charge >= 0.3 is 0 Å². The highest BCUT2D eigenvalue weighted by Crippen LogP contribution is 2.57. The number of halogens is 1. The molecule has 5 heteroatoms. The van der Waals surface area contributed by atoms with Crippen LogP contribution in [-0.4, -0.2) is 22.0 Å². The van der Waals surface area contributed by atoms with Crippen LogP contribution in [0.25, 0.3) is 0 Å². The number of rotatable bonds is 5. The van der Waals surface area contributed by atoms with E-state index in [1.807, 2.05) is 25.1 Å². The van der Waals surface area contributed by atoms with E-state index in [2.05, 4.69) is 15.6 Å². The molecule has 4 fully saturated rings. The van der Waals surface area contributed by atoms with Crippen molar-refractivity contribution in [3.05, 3.63) is 65.2 Å². The summed E-state index contributed by atoms with van der Waals surface area (Å²) < 4.78 is 13.6. The number of carbonyl (C=O) groups is 1. The first-order chi connectivity index (χ1) is 13.9. The number of amides is 1. The van der Waals surface area contributed by atoms with Crippen LogP contribution in [0.3, 0.4) is 0 Å².